The Morgan fingerprint density at radius 3 is 2.03 bits per heavy atom. The molecule has 3 aromatic carbocycles. The molecule has 0 amide bonds. The van der Waals surface area contributed by atoms with Crippen LogP contribution in [0.15, 0.2) is 54.6 Å². The van der Waals surface area contributed by atoms with Gasteiger partial charge in [-0.25, -0.2) is 4.79 Å². The zero-order valence-electron chi connectivity index (χ0n) is 18.3. The van der Waals surface area contributed by atoms with E-state index in [4.69, 9.17) is 14.2 Å². The average molecular weight is 466 g/mol. The Kier molecular flexibility index (Phi) is 6.58. The fraction of sp³-hybridized carbons (Fsp3) is 0.292. The van der Waals surface area contributed by atoms with E-state index in [0.29, 0.717) is 18.6 Å². The number of nitrogens with zero attached hydrogens (tertiary/aromatic N) is 2. The summed E-state index contributed by atoms with van der Waals surface area (Å²) < 4.78 is 17.1. The molecule has 0 spiro atoms. The lowest BCUT2D eigenvalue weighted by Gasteiger charge is -2.31. The van der Waals surface area contributed by atoms with E-state index < -0.39 is 39.4 Å². The van der Waals surface area contributed by atoms with E-state index in [1.54, 1.807) is 7.11 Å². The molecule has 0 saturated heterocycles. The Morgan fingerprint density at radius 2 is 1.41 bits per heavy atom. The molecular weight excluding hydrogens is 444 g/mol. The number of carbonyl (C=O) groups is 1. The fourth-order valence-corrected chi connectivity index (χ4v) is 4.04. The highest BCUT2D eigenvalue weighted by atomic mass is 16.6. The van der Waals surface area contributed by atoms with Crippen molar-refractivity contribution >= 4 is 28.1 Å². The number of benzene rings is 3. The van der Waals surface area contributed by atoms with Crippen molar-refractivity contribution < 1.29 is 28.9 Å². The first kappa shape index (κ1) is 23.0. The molecule has 2 atom stereocenters. The molecule has 3 aromatic rings. The number of non-ortho nitro benzene ring substituents is 2. The van der Waals surface area contributed by atoms with E-state index in [1.165, 1.54) is 0 Å². The summed E-state index contributed by atoms with van der Waals surface area (Å²) in [5.74, 6) is 0.468. The molecule has 0 bridgehead atoms. The van der Waals surface area contributed by atoms with Gasteiger partial charge in [0.1, 0.15) is 23.7 Å². The van der Waals surface area contributed by atoms with E-state index >= 15 is 0 Å². The van der Waals surface area contributed by atoms with Crippen molar-refractivity contribution in [2.75, 3.05) is 7.11 Å². The topological polar surface area (TPSA) is 131 Å². The summed E-state index contributed by atoms with van der Waals surface area (Å²) in [6.45, 7) is 0. The Hall–Kier alpha value is -4.21. The molecule has 0 aliphatic heterocycles. The lowest BCUT2D eigenvalue weighted by atomic mass is 9.94. The molecule has 0 unspecified atom stereocenters. The van der Waals surface area contributed by atoms with Gasteiger partial charge in [-0.05, 0) is 60.7 Å². The van der Waals surface area contributed by atoms with E-state index in [2.05, 4.69) is 0 Å². The largest absolute Gasteiger partial charge is 0.497 e. The zero-order valence-corrected chi connectivity index (χ0v) is 18.3. The molecular formula is C24H22N2O8. The van der Waals surface area contributed by atoms with Crippen molar-refractivity contribution in [2.24, 2.45) is 0 Å². The van der Waals surface area contributed by atoms with Gasteiger partial charge in [0, 0.05) is 12.1 Å². The van der Waals surface area contributed by atoms with Crippen molar-refractivity contribution in [2.45, 2.75) is 37.9 Å². The summed E-state index contributed by atoms with van der Waals surface area (Å²) in [6.07, 6.45) is 1.90. The van der Waals surface area contributed by atoms with Gasteiger partial charge in [-0.3, -0.25) is 20.2 Å². The van der Waals surface area contributed by atoms with E-state index in [0.717, 1.165) is 47.6 Å². The number of carbonyl (C=O) groups excluding carboxylic acids is 1. The minimum absolute atomic E-state index is 0.247. The van der Waals surface area contributed by atoms with Gasteiger partial charge in [-0.1, -0.05) is 12.1 Å². The van der Waals surface area contributed by atoms with Crippen LogP contribution in [-0.4, -0.2) is 35.1 Å². The third kappa shape index (κ3) is 5.06. The summed E-state index contributed by atoms with van der Waals surface area (Å²) in [5, 5.41) is 24.2. The van der Waals surface area contributed by atoms with E-state index in [1.807, 2.05) is 36.4 Å². The van der Waals surface area contributed by atoms with E-state index in [9.17, 15) is 25.0 Å². The normalized spacial score (nSPS) is 17.7. The predicted molar refractivity (Wildman–Crippen MR) is 122 cm³/mol. The molecule has 4 rings (SSSR count). The van der Waals surface area contributed by atoms with Gasteiger partial charge >= 0.3 is 5.97 Å². The van der Waals surface area contributed by atoms with Crippen LogP contribution in [0.5, 0.6) is 11.5 Å². The number of hydrogen-bond donors (Lipinski definition) is 0. The third-order valence-electron chi connectivity index (χ3n) is 5.77. The van der Waals surface area contributed by atoms with Gasteiger partial charge < -0.3 is 14.2 Å². The third-order valence-corrected chi connectivity index (χ3v) is 5.77. The smallest absolute Gasteiger partial charge is 0.339 e. The van der Waals surface area contributed by atoms with E-state index in [-0.39, 0.29) is 5.56 Å². The molecule has 1 aliphatic rings. The highest BCUT2D eigenvalue weighted by Crippen LogP contribution is 2.31. The second-order valence-electron chi connectivity index (χ2n) is 8.01. The maximum absolute atomic E-state index is 12.8. The number of nitro benzene ring substituents is 2. The molecule has 0 heterocycles. The van der Waals surface area contributed by atoms with Crippen LogP contribution in [0.3, 0.4) is 0 Å². The number of ether oxygens (including phenoxy) is 3. The Labute approximate surface area is 194 Å². The Morgan fingerprint density at radius 1 is 0.824 bits per heavy atom. The first-order valence-corrected chi connectivity index (χ1v) is 10.7. The van der Waals surface area contributed by atoms with Gasteiger partial charge in [0.2, 0.25) is 0 Å². The number of hydrogen-bond acceptors (Lipinski definition) is 8. The maximum Gasteiger partial charge on any atom is 0.339 e. The number of nitro groups is 2. The number of methoxy groups -OCH3 is 1. The lowest BCUT2D eigenvalue weighted by molar-refractivity contribution is -0.394. The summed E-state index contributed by atoms with van der Waals surface area (Å²) in [4.78, 5) is 33.5. The number of rotatable bonds is 7. The highest BCUT2D eigenvalue weighted by Gasteiger charge is 2.31. The van der Waals surface area contributed by atoms with Crippen molar-refractivity contribution in [1.29, 1.82) is 0 Å². The summed E-state index contributed by atoms with van der Waals surface area (Å²) >= 11 is 0. The lowest BCUT2D eigenvalue weighted by Crippen LogP contribution is -2.38. The molecule has 10 heteroatoms. The summed E-state index contributed by atoms with van der Waals surface area (Å²) in [6, 6.07) is 14.1. The first-order chi connectivity index (χ1) is 16.3. The molecule has 1 aliphatic carbocycles. The minimum Gasteiger partial charge on any atom is -0.497 e. The van der Waals surface area contributed by atoms with Crippen LogP contribution < -0.4 is 9.47 Å². The van der Waals surface area contributed by atoms with Crippen molar-refractivity contribution in [1.82, 2.24) is 0 Å². The highest BCUT2D eigenvalue weighted by molar-refractivity contribution is 5.91. The molecule has 1 saturated carbocycles. The van der Waals surface area contributed by atoms with Crippen molar-refractivity contribution in [3.63, 3.8) is 0 Å². The van der Waals surface area contributed by atoms with Gasteiger partial charge in [-0.15, -0.1) is 0 Å². The predicted octanol–water partition coefficient (Wildman–Crippen LogP) is 5.21. The zero-order chi connectivity index (χ0) is 24.2. The average Bonchev–Trinajstić information content (AvgIpc) is 2.84. The summed E-state index contributed by atoms with van der Waals surface area (Å²) in [7, 11) is 1.60. The second kappa shape index (κ2) is 9.74. The Balaban J connectivity index is 1.54. The van der Waals surface area contributed by atoms with Gasteiger partial charge in [0.05, 0.1) is 28.6 Å². The minimum atomic E-state index is -0.865. The van der Waals surface area contributed by atoms with Crippen molar-refractivity contribution in [3.8, 4) is 11.5 Å². The maximum atomic E-state index is 12.8. The second-order valence-corrected chi connectivity index (χ2v) is 8.01. The fourth-order valence-electron chi connectivity index (χ4n) is 4.04. The van der Waals surface area contributed by atoms with Crippen LogP contribution in [0, 0.1) is 20.2 Å². The molecule has 1 fully saturated rings. The van der Waals surface area contributed by atoms with Crippen LogP contribution in [0.25, 0.3) is 10.8 Å². The molecule has 0 radical (unpaired) electrons. The van der Waals surface area contributed by atoms with Gasteiger partial charge in [-0.2, -0.15) is 0 Å². The Bertz CT molecular complexity index is 1230. The van der Waals surface area contributed by atoms with Gasteiger partial charge in [0.15, 0.2) is 0 Å². The SMILES string of the molecule is COc1ccc2ccc(O[C@H]3CCCC[C@@H]3OC(=O)c3cc([N+](=O)[O-])cc([N+](=O)[O-])c3)cc2c1. The molecule has 10 nitrogen and oxygen atoms in total. The van der Waals surface area contributed by atoms with Crippen LogP contribution in [0.2, 0.25) is 0 Å². The van der Waals surface area contributed by atoms with Gasteiger partial charge in [0.25, 0.3) is 11.4 Å². The molecule has 176 valence electrons. The van der Waals surface area contributed by atoms with Crippen LogP contribution in [0.1, 0.15) is 36.0 Å². The first-order valence-electron chi connectivity index (χ1n) is 10.7. The van der Waals surface area contributed by atoms with Crippen LogP contribution in [-0.2, 0) is 4.74 Å². The quantitative estimate of drug-likeness (QED) is 0.263. The monoisotopic (exact) mass is 466 g/mol. The molecule has 0 aromatic heterocycles. The van der Waals surface area contributed by atoms with Crippen molar-refractivity contribution in [3.05, 3.63) is 80.4 Å². The van der Waals surface area contributed by atoms with Crippen LogP contribution in [0.4, 0.5) is 11.4 Å². The standard InChI is InChI=1S/C24H22N2O8/c1-32-20-8-6-15-7-9-21(13-16(15)12-20)33-22-4-2-3-5-23(22)34-24(27)17-10-18(25(28)29)14-19(11-17)26(30)31/h6-14,22-23H,2-5H2,1H3/t22-,23-/m0/s1. The van der Waals surface area contributed by atoms with Crippen LogP contribution >= 0.6 is 0 Å². The number of fused-ring (bicyclic) bond motifs is 1. The molecule has 0 N–H and O–H groups in total. The summed E-state index contributed by atoms with van der Waals surface area (Å²) in [5.41, 5.74) is -1.35. The molecule has 34 heavy (non-hydrogen) atoms. The number of esters is 1.